The number of carbonyl (C=O) groups is 1. The third kappa shape index (κ3) is 5.68. The van der Waals surface area contributed by atoms with Gasteiger partial charge in [-0.15, -0.1) is 0 Å². The van der Waals surface area contributed by atoms with Gasteiger partial charge in [-0.05, 0) is 36.1 Å². The molecule has 0 radical (unpaired) electrons. The van der Waals surface area contributed by atoms with E-state index in [1.807, 2.05) is 48.5 Å². The van der Waals surface area contributed by atoms with Gasteiger partial charge in [-0.25, -0.2) is 0 Å². The van der Waals surface area contributed by atoms with Gasteiger partial charge in [0, 0.05) is 32.0 Å². The number of aromatic nitrogens is 1. The predicted molar refractivity (Wildman–Crippen MR) is 110 cm³/mol. The van der Waals surface area contributed by atoms with E-state index in [4.69, 9.17) is 0 Å². The van der Waals surface area contributed by atoms with Gasteiger partial charge in [0.25, 0.3) is 5.91 Å². The first kappa shape index (κ1) is 18.6. The summed E-state index contributed by atoms with van der Waals surface area (Å²) in [6.45, 7) is 1.42. The summed E-state index contributed by atoms with van der Waals surface area (Å²) in [5.74, 6) is -0.0770. The predicted octanol–water partition coefficient (Wildman–Crippen LogP) is 4.40. The molecule has 1 amide bonds. The second kappa shape index (κ2) is 9.53. The molecule has 0 atom stereocenters. The van der Waals surface area contributed by atoms with E-state index in [2.05, 4.69) is 34.6 Å². The van der Waals surface area contributed by atoms with Crippen LogP contribution in [0.25, 0.3) is 0 Å². The van der Waals surface area contributed by atoms with E-state index in [1.165, 1.54) is 5.56 Å². The van der Waals surface area contributed by atoms with Crippen molar-refractivity contribution in [1.82, 2.24) is 9.88 Å². The molecule has 1 N–H and O–H groups in total. The van der Waals surface area contributed by atoms with Crippen LogP contribution < -0.4 is 5.32 Å². The largest absolute Gasteiger partial charge is 0.385 e. The van der Waals surface area contributed by atoms with Gasteiger partial charge in [0.1, 0.15) is 5.69 Å². The fourth-order valence-electron chi connectivity index (χ4n) is 2.95. The topological polar surface area (TPSA) is 45.2 Å². The zero-order valence-corrected chi connectivity index (χ0v) is 15.6. The van der Waals surface area contributed by atoms with Crippen LogP contribution in [0, 0.1) is 0 Å². The van der Waals surface area contributed by atoms with Crippen molar-refractivity contribution in [3.63, 3.8) is 0 Å². The SMILES string of the molecule is CN(Cc1ccccc1)C(=O)c1cc(NCCCc2ccccc2)ccn1. The summed E-state index contributed by atoms with van der Waals surface area (Å²) in [5.41, 5.74) is 3.83. The molecule has 3 rings (SSSR count). The normalized spacial score (nSPS) is 10.4. The molecular formula is C23H25N3O. The molecule has 138 valence electrons. The van der Waals surface area contributed by atoms with Gasteiger partial charge in [0.15, 0.2) is 0 Å². The van der Waals surface area contributed by atoms with Crippen molar-refractivity contribution in [2.24, 2.45) is 0 Å². The quantitative estimate of drug-likeness (QED) is 0.606. The molecule has 4 nitrogen and oxygen atoms in total. The zero-order valence-electron chi connectivity index (χ0n) is 15.6. The Bertz CT molecular complexity index is 850. The lowest BCUT2D eigenvalue weighted by Crippen LogP contribution is -2.27. The van der Waals surface area contributed by atoms with Crippen molar-refractivity contribution in [3.05, 3.63) is 95.8 Å². The van der Waals surface area contributed by atoms with Gasteiger partial charge in [0.2, 0.25) is 0 Å². The Kier molecular flexibility index (Phi) is 6.58. The molecule has 0 spiro atoms. The Morgan fingerprint density at radius 3 is 2.33 bits per heavy atom. The zero-order chi connectivity index (χ0) is 18.9. The van der Waals surface area contributed by atoms with Gasteiger partial charge in [0.05, 0.1) is 0 Å². The van der Waals surface area contributed by atoms with Crippen LogP contribution >= 0.6 is 0 Å². The lowest BCUT2D eigenvalue weighted by atomic mass is 10.1. The molecule has 0 bridgehead atoms. The third-order valence-corrected chi connectivity index (χ3v) is 4.40. The fraction of sp³-hybridized carbons (Fsp3) is 0.217. The first-order chi connectivity index (χ1) is 13.2. The Morgan fingerprint density at radius 2 is 1.63 bits per heavy atom. The third-order valence-electron chi connectivity index (χ3n) is 4.40. The number of pyridine rings is 1. The summed E-state index contributed by atoms with van der Waals surface area (Å²) in [7, 11) is 1.80. The standard InChI is InChI=1S/C23H25N3O/c1-26(18-20-11-6-3-7-12-20)23(27)22-17-21(14-16-25-22)24-15-8-13-19-9-4-2-5-10-19/h2-7,9-12,14,16-17H,8,13,15,18H2,1H3,(H,24,25). The Balaban J connectivity index is 1.52. The average Bonchev–Trinajstić information content (AvgIpc) is 2.72. The molecule has 0 aliphatic rings. The molecule has 27 heavy (non-hydrogen) atoms. The lowest BCUT2D eigenvalue weighted by molar-refractivity contribution is 0.0779. The number of hydrogen-bond acceptors (Lipinski definition) is 3. The maximum Gasteiger partial charge on any atom is 0.272 e. The van der Waals surface area contributed by atoms with E-state index >= 15 is 0 Å². The first-order valence-corrected chi connectivity index (χ1v) is 9.25. The summed E-state index contributed by atoms with van der Waals surface area (Å²) < 4.78 is 0. The number of rotatable bonds is 8. The van der Waals surface area contributed by atoms with E-state index in [1.54, 1.807) is 18.1 Å². The molecule has 4 heteroatoms. The minimum absolute atomic E-state index is 0.0770. The van der Waals surface area contributed by atoms with E-state index in [9.17, 15) is 4.79 Å². The van der Waals surface area contributed by atoms with E-state index in [0.29, 0.717) is 12.2 Å². The van der Waals surface area contributed by atoms with Gasteiger partial charge < -0.3 is 10.2 Å². The highest BCUT2D eigenvalue weighted by Gasteiger charge is 2.13. The second-order valence-corrected chi connectivity index (χ2v) is 6.59. The van der Waals surface area contributed by atoms with Crippen LogP contribution in [0.4, 0.5) is 5.69 Å². The van der Waals surface area contributed by atoms with Crippen LogP contribution in [0.15, 0.2) is 79.0 Å². The van der Waals surface area contributed by atoms with Crippen LogP contribution in [0.3, 0.4) is 0 Å². The monoisotopic (exact) mass is 359 g/mol. The number of hydrogen-bond donors (Lipinski definition) is 1. The van der Waals surface area contributed by atoms with Crippen LogP contribution in [0.5, 0.6) is 0 Å². The van der Waals surface area contributed by atoms with Crippen molar-refractivity contribution in [2.45, 2.75) is 19.4 Å². The van der Waals surface area contributed by atoms with Crippen molar-refractivity contribution < 1.29 is 4.79 Å². The molecule has 2 aromatic carbocycles. The van der Waals surface area contributed by atoms with Crippen LogP contribution in [0.1, 0.15) is 28.0 Å². The smallest absolute Gasteiger partial charge is 0.272 e. The maximum absolute atomic E-state index is 12.7. The molecule has 0 aliphatic carbocycles. The number of anilines is 1. The van der Waals surface area contributed by atoms with E-state index in [0.717, 1.165) is 30.6 Å². The Hall–Kier alpha value is -3.14. The summed E-state index contributed by atoms with van der Waals surface area (Å²) in [6, 6.07) is 24.1. The minimum atomic E-state index is -0.0770. The average molecular weight is 359 g/mol. The first-order valence-electron chi connectivity index (χ1n) is 9.25. The molecule has 1 heterocycles. The second-order valence-electron chi connectivity index (χ2n) is 6.59. The molecule has 0 saturated carbocycles. The number of benzene rings is 2. The summed E-state index contributed by atoms with van der Waals surface area (Å²) >= 11 is 0. The lowest BCUT2D eigenvalue weighted by Gasteiger charge is -2.17. The van der Waals surface area contributed by atoms with E-state index < -0.39 is 0 Å². The molecule has 0 fully saturated rings. The maximum atomic E-state index is 12.7. The van der Waals surface area contributed by atoms with Crippen molar-refractivity contribution in [1.29, 1.82) is 0 Å². The molecule has 1 aromatic heterocycles. The molecule has 3 aromatic rings. The highest BCUT2D eigenvalue weighted by molar-refractivity contribution is 5.92. The van der Waals surface area contributed by atoms with Crippen LogP contribution in [-0.4, -0.2) is 29.4 Å². The van der Waals surface area contributed by atoms with E-state index in [-0.39, 0.29) is 5.91 Å². The Morgan fingerprint density at radius 1 is 0.963 bits per heavy atom. The highest BCUT2D eigenvalue weighted by atomic mass is 16.2. The summed E-state index contributed by atoms with van der Waals surface area (Å²) in [4.78, 5) is 18.6. The number of carbonyl (C=O) groups excluding carboxylic acids is 1. The van der Waals surface area contributed by atoms with Crippen LogP contribution in [0.2, 0.25) is 0 Å². The highest BCUT2D eigenvalue weighted by Crippen LogP contribution is 2.12. The van der Waals surface area contributed by atoms with Gasteiger partial charge >= 0.3 is 0 Å². The van der Waals surface area contributed by atoms with Gasteiger partial charge in [-0.2, -0.15) is 0 Å². The van der Waals surface area contributed by atoms with Gasteiger partial charge in [-0.3, -0.25) is 9.78 Å². The molecule has 0 unspecified atom stereocenters. The van der Waals surface area contributed by atoms with Crippen molar-refractivity contribution in [3.8, 4) is 0 Å². The van der Waals surface area contributed by atoms with Crippen LogP contribution in [-0.2, 0) is 13.0 Å². The van der Waals surface area contributed by atoms with Crippen molar-refractivity contribution in [2.75, 3.05) is 18.9 Å². The summed E-state index contributed by atoms with van der Waals surface area (Å²) in [6.07, 6.45) is 3.75. The number of nitrogens with zero attached hydrogens (tertiary/aromatic N) is 2. The number of aryl methyl sites for hydroxylation is 1. The number of nitrogens with one attached hydrogen (secondary N) is 1. The minimum Gasteiger partial charge on any atom is -0.385 e. The molecule has 0 aliphatic heterocycles. The fourth-order valence-corrected chi connectivity index (χ4v) is 2.95. The van der Waals surface area contributed by atoms with Gasteiger partial charge in [-0.1, -0.05) is 60.7 Å². The molecular weight excluding hydrogens is 334 g/mol. The summed E-state index contributed by atoms with van der Waals surface area (Å²) in [5, 5.41) is 3.39. The Labute approximate surface area is 160 Å². The van der Waals surface area contributed by atoms with Crippen molar-refractivity contribution >= 4 is 11.6 Å². The number of amides is 1. The molecule has 0 saturated heterocycles.